The van der Waals surface area contributed by atoms with Crippen LogP contribution in [0.5, 0.6) is 5.88 Å². The van der Waals surface area contributed by atoms with E-state index in [1.165, 1.54) is 31.5 Å². The summed E-state index contributed by atoms with van der Waals surface area (Å²) in [6.07, 6.45) is -2.39. The molecule has 0 unspecified atom stereocenters. The molecule has 0 radical (unpaired) electrons. The molecule has 2 aromatic rings. The predicted octanol–water partition coefficient (Wildman–Crippen LogP) is 3.59. The SMILES string of the molecule is COc1nccc(C=O)c1-c1ccc(C(F)(F)F)cc1. The van der Waals surface area contributed by atoms with E-state index in [0.29, 0.717) is 23.0 Å². The molecule has 104 valence electrons. The van der Waals surface area contributed by atoms with Crippen molar-refractivity contribution in [2.24, 2.45) is 0 Å². The molecule has 0 aliphatic carbocycles. The number of pyridine rings is 1. The number of halogens is 3. The lowest BCUT2D eigenvalue weighted by Gasteiger charge is -2.11. The van der Waals surface area contributed by atoms with Gasteiger partial charge in [-0.05, 0) is 23.8 Å². The van der Waals surface area contributed by atoms with Crippen molar-refractivity contribution in [2.45, 2.75) is 6.18 Å². The van der Waals surface area contributed by atoms with Crippen LogP contribution < -0.4 is 4.74 Å². The van der Waals surface area contributed by atoms with Gasteiger partial charge in [-0.25, -0.2) is 4.98 Å². The van der Waals surface area contributed by atoms with Gasteiger partial charge >= 0.3 is 6.18 Å². The van der Waals surface area contributed by atoms with Crippen molar-refractivity contribution in [3.8, 4) is 17.0 Å². The minimum Gasteiger partial charge on any atom is -0.481 e. The molecule has 2 rings (SSSR count). The molecule has 1 aromatic carbocycles. The van der Waals surface area contributed by atoms with Crippen molar-refractivity contribution < 1.29 is 22.7 Å². The molecule has 0 saturated heterocycles. The third kappa shape index (κ3) is 2.64. The van der Waals surface area contributed by atoms with E-state index >= 15 is 0 Å². The van der Waals surface area contributed by atoms with Crippen molar-refractivity contribution in [1.82, 2.24) is 4.98 Å². The van der Waals surface area contributed by atoms with Crippen LogP contribution in [-0.4, -0.2) is 18.4 Å². The summed E-state index contributed by atoms with van der Waals surface area (Å²) >= 11 is 0. The Morgan fingerprint density at radius 3 is 2.30 bits per heavy atom. The highest BCUT2D eigenvalue weighted by Crippen LogP contribution is 2.34. The van der Waals surface area contributed by atoms with Crippen LogP contribution in [0.1, 0.15) is 15.9 Å². The van der Waals surface area contributed by atoms with Gasteiger partial charge < -0.3 is 4.74 Å². The maximum atomic E-state index is 12.5. The van der Waals surface area contributed by atoms with Gasteiger partial charge in [-0.3, -0.25) is 4.79 Å². The maximum Gasteiger partial charge on any atom is 0.416 e. The summed E-state index contributed by atoms with van der Waals surface area (Å²) in [6, 6.07) is 5.96. The zero-order chi connectivity index (χ0) is 14.8. The second-order valence-electron chi connectivity index (χ2n) is 3.98. The standard InChI is InChI=1S/C14H10F3NO2/c1-20-13-12(10(8-19)6-7-18-13)9-2-4-11(5-3-9)14(15,16)17/h2-8H,1H3. The summed E-state index contributed by atoms with van der Waals surface area (Å²) in [7, 11) is 1.38. The second kappa shape index (κ2) is 5.32. The molecule has 0 amide bonds. The highest BCUT2D eigenvalue weighted by molar-refractivity contribution is 5.89. The molecule has 0 bridgehead atoms. The van der Waals surface area contributed by atoms with Crippen LogP contribution in [0, 0.1) is 0 Å². The lowest BCUT2D eigenvalue weighted by Crippen LogP contribution is -2.04. The highest BCUT2D eigenvalue weighted by Gasteiger charge is 2.30. The van der Waals surface area contributed by atoms with Crippen LogP contribution in [-0.2, 0) is 6.18 Å². The van der Waals surface area contributed by atoms with Crippen LogP contribution in [0.15, 0.2) is 36.5 Å². The van der Waals surface area contributed by atoms with Crippen LogP contribution in [0.4, 0.5) is 13.2 Å². The Morgan fingerprint density at radius 1 is 1.15 bits per heavy atom. The average molecular weight is 281 g/mol. The van der Waals surface area contributed by atoms with Gasteiger partial charge in [-0.2, -0.15) is 13.2 Å². The molecule has 1 aromatic heterocycles. The molecular weight excluding hydrogens is 271 g/mol. The quantitative estimate of drug-likeness (QED) is 0.807. The molecule has 0 aliphatic rings. The molecule has 6 heteroatoms. The Hall–Kier alpha value is -2.37. The van der Waals surface area contributed by atoms with Gasteiger partial charge in [0, 0.05) is 11.8 Å². The average Bonchev–Trinajstić information content (AvgIpc) is 2.45. The number of carbonyl (C=O) groups excluding carboxylic acids is 1. The van der Waals surface area contributed by atoms with Gasteiger partial charge in [-0.15, -0.1) is 0 Å². The molecule has 0 spiro atoms. The van der Waals surface area contributed by atoms with Crippen LogP contribution >= 0.6 is 0 Å². The minimum absolute atomic E-state index is 0.189. The molecule has 0 atom stereocenters. The molecule has 1 heterocycles. The molecular formula is C14H10F3NO2. The smallest absolute Gasteiger partial charge is 0.416 e. The number of rotatable bonds is 3. The van der Waals surface area contributed by atoms with Gasteiger partial charge in [0.2, 0.25) is 5.88 Å². The van der Waals surface area contributed by atoms with E-state index in [9.17, 15) is 18.0 Å². The summed E-state index contributed by atoms with van der Waals surface area (Å²) in [5.74, 6) is 0.189. The largest absolute Gasteiger partial charge is 0.481 e. The first-order valence-electron chi connectivity index (χ1n) is 5.63. The fourth-order valence-corrected chi connectivity index (χ4v) is 1.83. The molecule has 0 N–H and O–H groups in total. The Kier molecular flexibility index (Phi) is 3.74. The normalized spacial score (nSPS) is 11.2. The van der Waals surface area contributed by atoms with E-state index in [1.54, 1.807) is 0 Å². The summed E-state index contributed by atoms with van der Waals surface area (Å²) in [5, 5.41) is 0. The first-order chi connectivity index (χ1) is 9.47. The summed E-state index contributed by atoms with van der Waals surface area (Å²) in [4.78, 5) is 15.0. The van der Waals surface area contributed by atoms with Gasteiger partial charge in [0.05, 0.1) is 18.2 Å². The lowest BCUT2D eigenvalue weighted by atomic mass is 10.0. The van der Waals surface area contributed by atoms with E-state index < -0.39 is 11.7 Å². The summed E-state index contributed by atoms with van der Waals surface area (Å²) < 4.78 is 42.6. The van der Waals surface area contributed by atoms with E-state index in [0.717, 1.165) is 12.1 Å². The van der Waals surface area contributed by atoms with Gasteiger partial charge in [-0.1, -0.05) is 12.1 Å². The summed E-state index contributed by atoms with van der Waals surface area (Å²) in [5.41, 5.74) is 0.358. The summed E-state index contributed by atoms with van der Waals surface area (Å²) in [6.45, 7) is 0. The molecule has 3 nitrogen and oxygen atoms in total. The van der Waals surface area contributed by atoms with Crippen LogP contribution in [0.25, 0.3) is 11.1 Å². The molecule has 0 saturated carbocycles. The van der Waals surface area contributed by atoms with Gasteiger partial charge in [0.25, 0.3) is 0 Å². The number of hydrogen-bond acceptors (Lipinski definition) is 3. The maximum absolute atomic E-state index is 12.5. The number of aldehydes is 1. The first-order valence-corrected chi connectivity index (χ1v) is 5.63. The number of hydrogen-bond donors (Lipinski definition) is 0. The monoisotopic (exact) mass is 281 g/mol. The number of alkyl halides is 3. The Morgan fingerprint density at radius 2 is 1.80 bits per heavy atom. The first kappa shape index (κ1) is 14.0. The Bertz CT molecular complexity index is 621. The number of nitrogens with zero attached hydrogens (tertiary/aromatic N) is 1. The van der Waals surface area contributed by atoms with Crippen molar-refractivity contribution in [3.05, 3.63) is 47.7 Å². The second-order valence-corrected chi connectivity index (χ2v) is 3.98. The topological polar surface area (TPSA) is 39.2 Å². The van der Waals surface area contributed by atoms with E-state index in [-0.39, 0.29) is 5.88 Å². The van der Waals surface area contributed by atoms with E-state index in [1.807, 2.05) is 0 Å². The Balaban J connectivity index is 2.54. The van der Waals surface area contributed by atoms with E-state index in [4.69, 9.17) is 4.74 Å². The van der Waals surface area contributed by atoms with Crippen molar-refractivity contribution in [1.29, 1.82) is 0 Å². The van der Waals surface area contributed by atoms with E-state index in [2.05, 4.69) is 4.98 Å². The van der Waals surface area contributed by atoms with Crippen molar-refractivity contribution in [3.63, 3.8) is 0 Å². The zero-order valence-corrected chi connectivity index (χ0v) is 10.4. The number of ether oxygens (including phenoxy) is 1. The molecule has 20 heavy (non-hydrogen) atoms. The fourth-order valence-electron chi connectivity index (χ4n) is 1.83. The van der Waals surface area contributed by atoms with Crippen molar-refractivity contribution >= 4 is 6.29 Å². The molecule has 0 fully saturated rings. The Labute approximate surface area is 113 Å². The zero-order valence-electron chi connectivity index (χ0n) is 10.4. The third-order valence-corrected chi connectivity index (χ3v) is 2.77. The van der Waals surface area contributed by atoms with Gasteiger partial charge in [0.1, 0.15) is 0 Å². The third-order valence-electron chi connectivity index (χ3n) is 2.77. The number of carbonyl (C=O) groups is 1. The number of aromatic nitrogens is 1. The molecule has 0 aliphatic heterocycles. The number of methoxy groups -OCH3 is 1. The minimum atomic E-state index is -4.40. The predicted molar refractivity (Wildman–Crippen MR) is 66.6 cm³/mol. The number of benzene rings is 1. The highest BCUT2D eigenvalue weighted by atomic mass is 19.4. The van der Waals surface area contributed by atoms with Crippen LogP contribution in [0.2, 0.25) is 0 Å². The van der Waals surface area contributed by atoms with Gasteiger partial charge in [0.15, 0.2) is 6.29 Å². The van der Waals surface area contributed by atoms with Crippen molar-refractivity contribution in [2.75, 3.05) is 7.11 Å². The fraction of sp³-hybridized carbons (Fsp3) is 0.143. The lowest BCUT2D eigenvalue weighted by molar-refractivity contribution is -0.137. The van der Waals surface area contributed by atoms with Crippen LogP contribution in [0.3, 0.4) is 0 Å².